The van der Waals surface area contributed by atoms with Crippen LogP contribution in [0.15, 0.2) is 23.1 Å². The van der Waals surface area contributed by atoms with E-state index in [1.165, 1.54) is 0 Å². The van der Waals surface area contributed by atoms with Gasteiger partial charge in [-0.25, -0.2) is 0 Å². The average Bonchev–Trinajstić information content (AvgIpc) is 2.87. The Morgan fingerprint density at radius 1 is 1.45 bits per heavy atom. The van der Waals surface area contributed by atoms with E-state index in [1.54, 1.807) is 0 Å². The van der Waals surface area contributed by atoms with Gasteiger partial charge in [0.15, 0.2) is 5.82 Å². The van der Waals surface area contributed by atoms with Crippen molar-refractivity contribution in [2.24, 2.45) is 0 Å². The normalized spacial score (nSPS) is 11.5. The first-order chi connectivity index (χ1) is 10.3. The van der Waals surface area contributed by atoms with Gasteiger partial charge in [-0.05, 0) is 6.07 Å². The summed E-state index contributed by atoms with van der Waals surface area (Å²) in [6, 6.07) is 1.85. The first-order valence-electron chi connectivity index (χ1n) is 5.89. The number of aliphatic hydroxyl groups excluding tert-OH is 1. The van der Waals surface area contributed by atoms with Gasteiger partial charge in [0.05, 0.1) is 0 Å². The monoisotopic (exact) mass is 317 g/mol. The van der Waals surface area contributed by atoms with Crippen LogP contribution in [0.25, 0.3) is 0 Å². The number of alkyl halides is 3. The maximum atomic E-state index is 12.2. The van der Waals surface area contributed by atoms with Crippen LogP contribution in [0.2, 0.25) is 0 Å². The van der Waals surface area contributed by atoms with Gasteiger partial charge in [-0.1, -0.05) is 0 Å². The zero-order valence-electron chi connectivity index (χ0n) is 10.9. The van der Waals surface area contributed by atoms with E-state index in [2.05, 4.69) is 20.5 Å². The summed E-state index contributed by atoms with van der Waals surface area (Å²) < 4.78 is 37.1. The van der Waals surface area contributed by atoms with Crippen molar-refractivity contribution in [3.05, 3.63) is 40.1 Å². The standard InChI is InChI=1S/C11H10F3N5O3/c12-11(13,14)5-19-2-1-6(3-8(19)21)9(22)16-10-15-7(4-20)17-18-10/h1-3,20H,4-5H2,(H2,15,16,17,18,22). The lowest BCUT2D eigenvalue weighted by atomic mass is 10.2. The number of anilines is 1. The molecule has 22 heavy (non-hydrogen) atoms. The minimum Gasteiger partial charge on any atom is -0.388 e. The molecule has 2 rings (SSSR count). The van der Waals surface area contributed by atoms with E-state index < -0.39 is 30.8 Å². The van der Waals surface area contributed by atoms with Gasteiger partial charge >= 0.3 is 6.18 Å². The molecule has 0 unspecified atom stereocenters. The van der Waals surface area contributed by atoms with Crippen molar-refractivity contribution in [2.45, 2.75) is 19.3 Å². The second kappa shape index (κ2) is 5.97. The predicted molar refractivity (Wildman–Crippen MR) is 67.0 cm³/mol. The van der Waals surface area contributed by atoms with Crippen molar-refractivity contribution in [2.75, 3.05) is 5.32 Å². The van der Waals surface area contributed by atoms with Crippen molar-refractivity contribution < 1.29 is 23.1 Å². The molecule has 3 N–H and O–H groups in total. The quantitative estimate of drug-likeness (QED) is 0.749. The van der Waals surface area contributed by atoms with E-state index in [-0.39, 0.29) is 17.3 Å². The molecular weight excluding hydrogens is 307 g/mol. The summed E-state index contributed by atoms with van der Waals surface area (Å²) in [6.07, 6.45) is -3.66. The minimum atomic E-state index is -4.53. The molecule has 0 aromatic carbocycles. The van der Waals surface area contributed by atoms with E-state index in [9.17, 15) is 22.8 Å². The molecule has 2 aromatic rings. The third kappa shape index (κ3) is 3.91. The molecular formula is C11H10F3N5O3. The maximum Gasteiger partial charge on any atom is 0.406 e. The predicted octanol–water partition coefficient (Wildman–Crippen LogP) is 0.273. The van der Waals surface area contributed by atoms with Crippen molar-refractivity contribution in [3.8, 4) is 0 Å². The number of hydrogen-bond donors (Lipinski definition) is 3. The zero-order valence-corrected chi connectivity index (χ0v) is 10.9. The molecule has 2 aromatic heterocycles. The smallest absolute Gasteiger partial charge is 0.388 e. The van der Waals surface area contributed by atoms with Crippen LogP contribution in [-0.2, 0) is 13.2 Å². The van der Waals surface area contributed by atoms with Crippen LogP contribution >= 0.6 is 0 Å². The molecule has 0 saturated heterocycles. The Labute approximate surface area is 120 Å². The van der Waals surface area contributed by atoms with E-state index in [0.29, 0.717) is 4.57 Å². The van der Waals surface area contributed by atoms with Crippen LogP contribution in [0.4, 0.5) is 19.1 Å². The Hall–Kier alpha value is -2.69. The molecule has 0 aliphatic rings. The molecule has 8 nitrogen and oxygen atoms in total. The Balaban J connectivity index is 2.13. The molecule has 0 aliphatic carbocycles. The number of aromatic nitrogens is 4. The van der Waals surface area contributed by atoms with Crippen molar-refractivity contribution in [3.63, 3.8) is 0 Å². The van der Waals surface area contributed by atoms with Gasteiger partial charge in [-0.2, -0.15) is 18.2 Å². The van der Waals surface area contributed by atoms with E-state index in [0.717, 1.165) is 18.3 Å². The number of amides is 1. The molecule has 1 amide bonds. The lowest BCUT2D eigenvalue weighted by Gasteiger charge is -2.09. The Morgan fingerprint density at radius 3 is 2.73 bits per heavy atom. The molecule has 0 bridgehead atoms. The highest BCUT2D eigenvalue weighted by Gasteiger charge is 2.28. The Morgan fingerprint density at radius 2 is 2.18 bits per heavy atom. The molecule has 0 saturated carbocycles. The summed E-state index contributed by atoms with van der Waals surface area (Å²) in [4.78, 5) is 27.1. The minimum absolute atomic E-state index is 0.121. The second-order valence-corrected chi connectivity index (χ2v) is 4.21. The van der Waals surface area contributed by atoms with Gasteiger partial charge in [0.1, 0.15) is 13.2 Å². The fraction of sp³-hybridized carbons (Fsp3) is 0.273. The maximum absolute atomic E-state index is 12.2. The fourth-order valence-electron chi connectivity index (χ4n) is 1.57. The first kappa shape index (κ1) is 15.7. The molecule has 2 heterocycles. The number of nitrogens with zero attached hydrogens (tertiary/aromatic N) is 3. The lowest BCUT2D eigenvalue weighted by molar-refractivity contribution is -0.141. The molecule has 0 aliphatic heterocycles. The number of pyridine rings is 1. The summed E-state index contributed by atoms with van der Waals surface area (Å²) >= 11 is 0. The average molecular weight is 317 g/mol. The van der Waals surface area contributed by atoms with Gasteiger partial charge in [-0.15, -0.1) is 5.10 Å². The summed E-state index contributed by atoms with van der Waals surface area (Å²) in [7, 11) is 0. The van der Waals surface area contributed by atoms with Gasteiger partial charge in [0, 0.05) is 17.8 Å². The highest BCUT2D eigenvalue weighted by molar-refractivity contribution is 6.03. The SMILES string of the molecule is O=C(Nc1n[nH]c(CO)n1)c1ccn(CC(F)(F)F)c(=O)c1. The highest BCUT2D eigenvalue weighted by Crippen LogP contribution is 2.16. The van der Waals surface area contributed by atoms with E-state index >= 15 is 0 Å². The number of aliphatic hydroxyl groups is 1. The van der Waals surface area contributed by atoms with E-state index in [1.807, 2.05) is 0 Å². The fourth-order valence-corrected chi connectivity index (χ4v) is 1.57. The van der Waals surface area contributed by atoms with Gasteiger partial charge in [0.25, 0.3) is 11.5 Å². The lowest BCUT2D eigenvalue weighted by Crippen LogP contribution is -2.28. The number of carbonyl (C=O) groups excluding carboxylic acids is 1. The van der Waals surface area contributed by atoms with Crippen LogP contribution in [0.3, 0.4) is 0 Å². The van der Waals surface area contributed by atoms with Crippen LogP contribution in [-0.4, -0.2) is 36.9 Å². The van der Waals surface area contributed by atoms with E-state index in [4.69, 9.17) is 5.11 Å². The summed E-state index contributed by atoms with van der Waals surface area (Å²) in [5, 5.41) is 16.9. The topological polar surface area (TPSA) is 113 Å². The zero-order chi connectivity index (χ0) is 16.3. The highest BCUT2D eigenvalue weighted by atomic mass is 19.4. The molecule has 118 valence electrons. The molecule has 0 fully saturated rings. The molecule has 0 atom stereocenters. The Bertz CT molecular complexity index is 737. The van der Waals surface area contributed by atoms with Gasteiger partial charge < -0.3 is 9.67 Å². The Kier molecular flexibility index (Phi) is 4.26. The molecule has 11 heteroatoms. The van der Waals surface area contributed by atoms with Crippen molar-refractivity contribution in [1.82, 2.24) is 19.7 Å². The number of rotatable bonds is 4. The number of hydrogen-bond acceptors (Lipinski definition) is 5. The van der Waals surface area contributed by atoms with Crippen molar-refractivity contribution in [1.29, 1.82) is 0 Å². The number of halogens is 3. The number of H-pyrrole nitrogens is 1. The van der Waals surface area contributed by atoms with Gasteiger partial charge in [-0.3, -0.25) is 20.0 Å². The van der Waals surface area contributed by atoms with Crippen LogP contribution < -0.4 is 10.9 Å². The second-order valence-electron chi connectivity index (χ2n) is 4.21. The number of carbonyl (C=O) groups is 1. The molecule has 0 spiro atoms. The van der Waals surface area contributed by atoms with Crippen LogP contribution in [0, 0.1) is 0 Å². The number of aromatic amines is 1. The third-order valence-electron chi connectivity index (χ3n) is 2.51. The van der Waals surface area contributed by atoms with Gasteiger partial charge in [0.2, 0.25) is 5.95 Å². The largest absolute Gasteiger partial charge is 0.406 e. The summed E-state index contributed by atoms with van der Waals surface area (Å²) in [5.41, 5.74) is -1.10. The first-order valence-corrected chi connectivity index (χ1v) is 5.89. The number of nitrogens with one attached hydrogen (secondary N) is 2. The van der Waals surface area contributed by atoms with Crippen LogP contribution in [0.5, 0.6) is 0 Å². The summed E-state index contributed by atoms with van der Waals surface area (Å²) in [5.74, 6) is -0.774. The van der Waals surface area contributed by atoms with Crippen molar-refractivity contribution >= 4 is 11.9 Å². The molecule has 0 radical (unpaired) electrons. The summed E-state index contributed by atoms with van der Waals surface area (Å²) in [6.45, 7) is -1.84. The third-order valence-corrected chi connectivity index (χ3v) is 2.51. The van der Waals surface area contributed by atoms with Crippen LogP contribution in [0.1, 0.15) is 16.2 Å².